The summed E-state index contributed by atoms with van der Waals surface area (Å²) in [5.41, 5.74) is 2.91. The molecule has 1 saturated carbocycles. The molecule has 2 amide bonds. The lowest BCUT2D eigenvalue weighted by molar-refractivity contribution is -0.138. The van der Waals surface area contributed by atoms with Gasteiger partial charge in [0.1, 0.15) is 0 Å². The van der Waals surface area contributed by atoms with Crippen LogP contribution in [0, 0.1) is 5.92 Å². The van der Waals surface area contributed by atoms with Crippen molar-refractivity contribution < 1.29 is 9.59 Å². The lowest BCUT2D eigenvalue weighted by atomic mass is 9.84. The van der Waals surface area contributed by atoms with E-state index in [1.54, 1.807) is 0 Å². The number of hydrogen-bond acceptors (Lipinski definition) is 3. The third kappa shape index (κ3) is 4.21. The highest BCUT2D eigenvalue weighted by Crippen LogP contribution is 2.29. The summed E-state index contributed by atoms with van der Waals surface area (Å²) in [6.45, 7) is 2.67. The fourth-order valence-electron chi connectivity index (χ4n) is 3.74. The van der Waals surface area contributed by atoms with E-state index in [2.05, 4.69) is 10.4 Å². The number of benzene rings is 1. The van der Waals surface area contributed by atoms with Crippen molar-refractivity contribution in [1.82, 2.24) is 20.0 Å². The molecule has 0 radical (unpaired) electrons. The smallest absolute Gasteiger partial charge is 0.226 e. The molecule has 2 heterocycles. The summed E-state index contributed by atoms with van der Waals surface area (Å²) in [6.07, 6.45) is 4.54. The zero-order valence-corrected chi connectivity index (χ0v) is 15.6. The van der Waals surface area contributed by atoms with Gasteiger partial charge in [-0.3, -0.25) is 14.3 Å². The summed E-state index contributed by atoms with van der Waals surface area (Å²) in [6, 6.07) is 11.7. The van der Waals surface area contributed by atoms with Crippen LogP contribution < -0.4 is 5.32 Å². The number of aryl methyl sites for hydroxylation is 1. The van der Waals surface area contributed by atoms with Crippen molar-refractivity contribution >= 4 is 11.8 Å². The molecule has 6 heteroatoms. The molecular formula is C21H26N4O2. The van der Waals surface area contributed by atoms with Crippen molar-refractivity contribution in [2.45, 2.75) is 51.7 Å². The molecule has 1 aliphatic carbocycles. The van der Waals surface area contributed by atoms with Gasteiger partial charge in [0.2, 0.25) is 11.8 Å². The van der Waals surface area contributed by atoms with Crippen LogP contribution in [0.4, 0.5) is 0 Å². The minimum absolute atomic E-state index is 0.00816. The van der Waals surface area contributed by atoms with Crippen LogP contribution in [0.1, 0.15) is 42.6 Å². The molecule has 0 unspecified atom stereocenters. The first-order valence-electron chi connectivity index (χ1n) is 9.84. The molecule has 142 valence electrons. The molecule has 1 aromatic heterocycles. The second-order valence-corrected chi connectivity index (χ2v) is 7.53. The molecule has 1 aliphatic heterocycles. The van der Waals surface area contributed by atoms with Gasteiger partial charge in [-0.05, 0) is 30.9 Å². The van der Waals surface area contributed by atoms with E-state index < -0.39 is 0 Å². The van der Waals surface area contributed by atoms with Gasteiger partial charge in [-0.25, -0.2) is 0 Å². The SMILES string of the molecule is O=C(Cc1ccccc1)NCc1cc2n(n1)CCCN(C(=O)C1CCC1)C2. The van der Waals surface area contributed by atoms with Gasteiger partial charge in [0.25, 0.3) is 0 Å². The molecule has 0 spiro atoms. The first kappa shape index (κ1) is 17.8. The fraction of sp³-hybridized carbons (Fsp3) is 0.476. The van der Waals surface area contributed by atoms with Gasteiger partial charge in [0.05, 0.1) is 30.9 Å². The largest absolute Gasteiger partial charge is 0.350 e. The van der Waals surface area contributed by atoms with Crippen LogP contribution in [0.25, 0.3) is 0 Å². The van der Waals surface area contributed by atoms with E-state index in [1.165, 1.54) is 6.42 Å². The average Bonchev–Trinajstić information content (AvgIpc) is 2.89. The number of fused-ring (bicyclic) bond motifs is 1. The maximum atomic E-state index is 12.6. The van der Waals surface area contributed by atoms with Crippen molar-refractivity contribution in [3.05, 3.63) is 53.3 Å². The third-order valence-electron chi connectivity index (χ3n) is 5.50. The highest BCUT2D eigenvalue weighted by molar-refractivity contribution is 5.79. The zero-order valence-electron chi connectivity index (χ0n) is 15.6. The zero-order chi connectivity index (χ0) is 18.6. The lowest BCUT2D eigenvalue weighted by Crippen LogP contribution is -2.38. The predicted molar refractivity (Wildman–Crippen MR) is 102 cm³/mol. The predicted octanol–water partition coefficient (Wildman–Crippen LogP) is 2.27. The first-order chi connectivity index (χ1) is 13.2. The van der Waals surface area contributed by atoms with Crippen molar-refractivity contribution in [3.8, 4) is 0 Å². The highest BCUT2D eigenvalue weighted by atomic mass is 16.2. The van der Waals surface area contributed by atoms with E-state index in [0.29, 0.717) is 25.4 Å². The van der Waals surface area contributed by atoms with E-state index in [9.17, 15) is 9.59 Å². The van der Waals surface area contributed by atoms with E-state index in [0.717, 1.165) is 49.3 Å². The number of nitrogens with zero attached hydrogens (tertiary/aromatic N) is 3. The van der Waals surface area contributed by atoms with Crippen LogP contribution in [-0.4, -0.2) is 33.0 Å². The van der Waals surface area contributed by atoms with Gasteiger partial charge < -0.3 is 10.2 Å². The van der Waals surface area contributed by atoms with Crippen molar-refractivity contribution in [1.29, 1.82) is 0 Å². The lowest BCUT2D eigenvalue weighted by Gasteiger charge is -2.30. The summed E-state index contributed by atoms with van der Waals surface area (Å²) in [5.74, 6) is 0.524. The van der Waals surface area contributed by atoms with Gasteiger partial charge in [-0.2, -0.15) is 5.10 Å². The normalized spacial score (nSPS) is 17.0. The summed E-state index contributed by atoms with van der Waals surface area (Å²) in [5, 5.41) is 7.57. The van der Waals surface area contributed by atoms with Gasteiger partial charge in [-0.1, -0.05) is 36.8 Å². The molecular weight excluding hydrogens is 340 g/mol. The Morgan fingerprint density at radius 1 is 1.11 bits per heavy atom. The Kier molecular flexibility index (Phi) is 5.23. The average molecular weight is 366 g/mol. The van der Waals surface area contributed by atoms with Gasteiger partial charge in [0.15, 0.2) is 0 Å². The summed E-state index contributed by atoms with van der Waals surface area (Å²) in [7, 11) is 0. The number of nitrogens with one attached hydrogen (secondary N) is 1. The Hall–Kier alpha value is -2.63. The number of carbonyl (C=O) groups excluding carboxylic acids is 2. The quantitative estimate of drug-likeness (QED) is 0.883. The van der Waals surface area contributed by atoms with Gasteiger partial charge >= 0.3 is 0 Å². The van der Waals surface area contributed by atoms with Crippen LogP contribution in [0.5, 0.6) is 0 Å². The van der Waals surface area contributed by atoms with Gasteiger partial charge in [-0.15, -0.1) is 0 Å². The number of carbonyl (C=O) groups is 2. The Labute approximate surface area is 159 Å². The minimum atomic E-state index is -0.00816. The molecule has 6 nitrogen and oxygen atoms in total. The van der Waals surface area contributed by atoms with Crippen LogP contribution in [-0.2, 0) is 35.6 Å². The number of rotatable bonds is 5. The van der Waals surface area contributed by atoms with Crippen molar-refractivity contribution in [3.63, 3.8) is 0 Å². The Morgan fingerprint density at radius 2 is 1.93 bits per heavy atom. The summed E-state index contributed by atoms with van der Waals surface area (Å²) >= 11 is 0. The van der Waals surface area contributed by atoms with E-state index in [4.69, 9.17) is 0 Å². The Bertz CT molecular complexity index is 811. The molecule has 0 saturated heterocycles. The first-order valence-corrected chi connectivity index (χ1v) is 9.84. The van der Waals surface area contributed by atoms with E-state index in [-0.39, 0.29) is 11.8 Å². The maximum Gasteiger partial charge on any atom is 0.226 e. The molecule has 2 aliphatic rings. The molecule has 0 atom stereocenters. The standard InChI is InChI=1S/C21H26N4O2/c26-20(12-16-6-2-1-3-7-16)22-14-18-13-19-15-24(10-5-11-25(19)23-18)21(27)17-8-4-9-17/h1-3,6-7,13,17H,4-5,8-12,14-15H2,(H,22,26). The maximum absolute atomic E-state index is 12.6. The molecule has 27 heavy (non-hydrogen) atoms. The second-order valence-electron chi connectivity index (χ2n) is 7.53. The highest BCUT2D eigenvalue weighted by Gasteiger charge is 2.30. The number of hydrogen-bond donors (Lipinski definition) is 1. The molecule has 1 fully saturated rings. The third-order valence-corrected chi connectivity index (χ3v) is 5.50. The van der Waals surface area contributed by atoms with Crippen LogP contribution in [0.3, 0.4) is 0 Å². The van der Waals surface area contributed by atoms with Gasteiger partial charge in [0, 0.05) is 19.0 Å². The van der Waals surface area contributed by atoms with Crippen LogP contribution in [0.2, 0.25) is 0 Å². The molecule has 0 bridgehead atoms. The van der Waals surface area contributed by atoms with E-state index >= 15 is 0 Å². The minimum Gasteiger partial charge on any atom is -0.350 e. The molecule has 1 aromatic carbocycles. The molecule has 4 rings (SSSR count). The number of aromatic nitrogens is 2. The molecule has 2 aromatic rings. The monoisotopic (exact) mass is 366 g/mol. The molecule has 1 N–H and O–H groups in total. The summed E-state index contributed by atoms with van der Waals surface area (Å²) in [4.78, 5) is 26.7. The van der Waals surface area contributed by atoms with Crippen molar-refractivity contribution in [2.24, 2.45) is 5.92 Å². The number of amides is 2. The Balaban J connectivity index is 1.34. The van der Waals surface area contributed by atoms with Crippen LogP contribution in [0.15, 0.2) is 36.4 Å². The van der Waals surface area contributed by atoms with Crippen LogP contribution >= 0.6 is 0 Å². The second kappa shape index (κ2) is 7.94. The fourth-order valence-corrected chi connectivity index (χ4v) is 3.74. The summed E-state index contributed by atoms with van der Waals surface area (Å²) < 4.78 is 1.99. The van der Waals surface area contributed by atoms with Crippen molar-refractivity contribution in [2.75, 3.05) is 6.54 Å². The van der Waals surface area contributed by atoms with E-state index in [1.807, 2.05) is 46.0 Å². The topological polar surface area (TPSA) is 67.2 Å². The Morgan fingerprint density at radius 3 is 2.67 bits per heavy atom.